The molecule has 0 bridgehead atoms. The minimum Gasteiger partial charge on any atom is -0.344 e. The average Bonchev–Trinajstić information content (AvgIpc) is 3.52. The van der Waals surface area contributed by atoms with Gasteiger partial charge in [-0.15, -0.1) is 22.7 Å². The van der Waals surface area contributed by atoms with Gasteiger partial charge < -0.3 is 10.2 Å². The Balaban J connectivity index is 1.41. The fourth-order valence-electron chi connectivity index (χ4n) is 3.88. The molecule has 1 aromatic carbocycles. The van der Waals surface area contributed by atoms with E-state index in [9.17, 15) is 9.59 Å². The van der Waals surface area contributed by atoms with Crippen LogP contribution in [-0.2, 0) is 11.2 Å². The van der Waals surface area contributed by atoms with Crippen LogP contribution in [0.3, 0.4) is 0 Å². The summed E-state index contributed by atoms with van der Waals surface area (Å²) in [4.78, 5) is 29.4. The quantitative estimate of drug-likeness (QED) is 0.580. The Kier molecular flexibility index (Phi) is 6.65. The summed E-state index contributed by atoms with van der Waals surface area (Å²) in [5.74, 6) is 0.0993. The molecule has 1 fully saturated rings. The Bertz CT molecular complexity index is 957. The molecular weight excluding hydrogens is 412 g/mol. The standard InChI is InChI=1S/C24H26N2O2S2/c1-2-17-7-9-18(10-8-17)22(20-5-3-15-29-20)25-23(27)19-11-13-26(14-12-19)24(28)21-6-4-16-30-21/h3-10,15-16,19,22H,2,11-14H2,1H3,(H,25,27). The largest absolute Gasteiger partial charge is 0.344 e. The molecule has 4 nitrogen and oxygen atoms in total. The summed E-state index contributed by atoms with van der Waals surface area (Å²) in [5, 5.41) is 7.25. The molecule has 0 saturated carbocycles. The number of carbonyl (C=O) groups excluding carboxylic acids is 2. The molecule has 0 aliphatic carbocycles. The van der Waals surface area contributed by atoms with Crippen molar-refractivity contribution >= 4 is 34.5 Å². The van der Waals surface area contributed by atoms with Gasteiger partial charge in [0.1, 0.15) is 0 Å². The fraction of sp³-hybridized carbons (Fsp3) is 0.333. The van der Waals surface area contributed by atoms with E-state index in [-0.39, 0.29) is 23.8 Å². The summed E-state index contributed by atoms with van der Waals surface area (Å²) in [6.07, 6.45) is 2.41. The zero-order valence-electron chi connectivity index (χ0n) is 17.0. The third kappa shape index (κ3) is 4.65. The Morgan fingerprint density at radius 1 is 1.03 bits per heavy atom. The van der Waals surface area contributed by atoms with E-state index in [0.717, 1.165) is 21.7 Å². The summed E-state index contributed by atoms with van der Waals surface area (Å²) in [6, 6.07) is 16.2. The number of rotatable bonds is 6. The van der Waals surface area contributed by atoms with Crippen molar-refractivity contribution in [1.29, 1.82) is 0 Å². The monoisotopic (exact) mass is 438 g/mol. The average molecular weight is 439 g/mol. The molecule has 156 valence electrons. The smallest absolute Gasteiger partial charge is 0.263 e. The number of carbonyl (C=O) groups is 2. The first-order valence-corrected chi connectivity index (χ1v) is 12.2. The third-order valence-corrected chi connectivity index (χ3v) is 7.52. The van der Waals surface area contributed by atoms with Crippen LogP contribution in [0.15, 0.2) is 59.3 Å². The van der Waals surface area contributed by atoms with Gasteiger partial charge in [-0.3, -0.25) is 9.59 Å². The van der Waals surface area contributed by atoms with Crippen molar-refractivity contribution in [2.45, 2.75) is 32.2 Å². The first kappa shape index (κ1) is 20.8. The van der Waals surface area contributed by atoms with Gasteiger partial charge in [0.15, 0.2) is 0 Å². The SMILES string of the molecule is CCc1ccc(C(NC(=O)C2CCN(C(=O)c3cccs3)CC2)c2cccs2)cc1. The lowest BCUT2D eigenvalue weighted by molar-refractivity contribution is -0.126. The van der Waals surface area contributed by atoms with Crippen LogP contribution in [0.5, 0.6) is 0 Å². The van der Waals surface area contributed by atoms with Gasteiger partial charge in [-0.2, -0.15) is 0 Å². The molecule has 3 heterocycles. The van der Waals surface area contributed by atoms with E-state index in [1.807, 2.05) is 33.9 Å². The van der Waals surface area contributed by atoms with Crippen molar-refractivity contribution in [2.75, 3.05) is 13.1 Å². The fourth-order valence-corrected chi connectivity index (χ4v) is 5.37. The molecule has 2 amide bonds. The van der Waals surface area contributed by atoms with Crippen LogP contribution in [0, 0.1) is 5.92 Å². The Hall–Kier alpha value is -2.44. The lowest BCUT2D eigenvalue weighted by Gasteiger charge is -2.32. The highest BCUT2D eigenvalue weighted by atomic mass is 32.1. The minimum absolute atomic E-state index is 0.0604. The summed E-state index contributed by atoms with van der Waals surface area (Å²) in [7, 11) is 0. The molecule has 1 aliphatic rings. The van der Waals surface area contributed by atoms with Gasteiger partial charge in [0.2, 0.25) is 5.91 Å². The Labute approximate surface area is 185 Å². The van der Waals surface area contributed by atoms with Gasteiger partial charge in [0, 0.05) is 23.9 Å². The number of piperidine rings is 1. The number of hydrogen-bond acceptors (Lipinski definition) is 4. The molecule has 3 aromatic rings. The summed E-state index contributed by atoms with van der Waals surface area (Å²) in [5.41, 5.74) is 2.39. The first-order valence-electron chi connectivity index (χ1n) is 10.4. The van der Waals surface area contributed by atoms with Crippen molar-refractivity contribution < 1.29 is 9.59 Å². The number of amides is 2. The molecule has 0 spiro atoms. The normalized spacial score (nSPS) is 15.7. The van der Waals surface area contributed by atoms with E-state index < -0.39 is 0 Å². The number of hydrogen-bond donors (Lipinski definition) is 1. The molecule has 4 rings (SSSR count). The van der Waals surface area contributed by atoms with E-state index in [1.54, 1.807) is 11.3 Å². The van der Waals surface area contributed by atoms with Crippen molar-refractivity contribution in [2.24, 2.45) is 5.92 Å². The number of nitrogens with one attached hydrogen (secondary N) is 1. The van der Waals surface area contributed by atoms with E-state index in [2.05, 4.69) is 42.6 Å². The predicted octanol–water partition coefficient (Wildman–Crippen LogP) is 5.13. The second kappa shape index (κ2) is 9.58. The molecule has 1 unspecified atom stereocenters. The van der Waals surface area contributed by atoms with Gasteiger partial charge in [-0.1, -0.05) is 43.3 Å². The number of aryl methyl sites for hydroxylation is 1. The summed E-state index contributed by atoms with van der Waals surface area (Å²) >= 11 is 3.13. The zero-order valence-corrected chi connectivity index (χ0v) is 18.7. The number of nitrogens with zero attached hydrogens (tertiary/aromatic N) is 1. The Morgan fingerprint density at radius 2 is 1.73 bits per heavy atom. The van der Waals surface area contributed by atoms with Crippen molar-refractivity contribution in [3.05, 3.63) is 80.2 Å². The molecule has 1 N–H and O–H groups in total. The maximum absolute atomic E-state index is 13.1. The molecule has 1 saturated heterocycles. The molecule has 30 heavy (non-hydrogen) atoms. The molecular formula is C24H26N2O2S2. The lowest BCUT2D eigenvalue weighted by Crippen LogP contribution is -2.43. The van der Waals surface area contributed by atoms with E-state index in [1.165, 1.54) is 16.9 Å². The van der Waals surface area contributed by atoms with Gasteiger partial charge in [-0.05, 0) is 53.3 Å². The molecule has 1 aliphatic heterocycles. The topological polar surface area (TPSA) is 49.4 Å². The van der Waals surface area contributed by atoms with Gasteiger partial charge in [0.05, 0.1) is 10.9 Å². The number of thiophene rings is 2. The van der Waals surface area contributed by atoms with E-state index in [4.69, 9.17) is 0 Å². The zero-order chi connectivity index (χ0) is 20.9. The number of benzene rings is 1. The van der Waals surface area contributed by atoms with Crippen LogP contribution in [0.4, 0.5) is 0 Å². The van der Waals surface area contributed by atoms with Crippen molar-refractivity contribution in [3.63, 3.8) is 0 Å². The highest BCUT2D eigenvalue weighted by Gasteiger charge is 2.30. The van der Waals surface area contributed by atoms with E-state index in [0.29, 0.717) is 25.9 Å². The second-order valence-corrected chi connectivity index (χ2v) is 9.52. The van der Waals surface area contributed by atoms with Crippen LogP contribution >= 0.6 is 22.7 Å². The van der Waals surface area contributed by atoms with Crippen LogP contribution in [0.1, 0.15) is 51.5 Å². The van der Waals surface area contributed by atoms with Crippen molar-refractivity contribution in [1.82, 2.24) is 10.2 Å². The van der Waals surface area contributed by atoms with E-state index >= 15 is 0 Å². The van der Waals surface area contributed by atoms with Gasteiger partial charge >= 0.3 is 0 Å². The lowest BCUT2D eigenvalue weighted by atomic mass is 9.94. The van der Waals surface area contributed by atoms with Crippen LogP contribution in [0.2, 0.25) is 0 Å². The summed E-state index contributed by atoms with van der Waals surface area (Å²) in [6.45, 7) is 3.40. The van der Waals surface area contributed by atoms with Crippen LogP contribution < -0.4 is 5.32 Å². The number of likely N-dealkylation sites (tertiary alicyclic amines) is 1. The summed E-state index contributed by atoms with van der Waals surface area (Å²) < 4.78 is 0. The second-order valence-electron chi connectivity index (χ2n) is 7.60. The third-order valence-electron chi connectivity index (χ3n) is 5.72. The first-order chi connectivity index (χ1) is 14.7. The molecule has 6 heteroatoms. The van der Waals surface area contributed by atoms with Crippen molar-refractivity contribution in [3.8, 4) is 0 Å². The minimum atomic E-state index is -0.130. The molecule has 1 atom stereocenters. The Morgan fingerprint density at radius 3 is 2.33 bits per heavy atom. The maximum Gasteiger partial charge on any atom is 0.263 e. The maximum atomic E-state index is 13.1. The molecule has 2 aromatic heterocycles. The predicted molar refractivity (Wildman–Crippen MR) is 123 cm³/mol. The van der Waals surface area contributed by atoms with Crippen LogP contribution in [-0.4, -0.2) is 29.8 Å². The van der Waals surface area contributed by atoms with Gasteiger partial charge in [0.25, 0.3) is 5.91 Å². The highest BCUT2D eigenvalue weighted by molar-refractivity contribution is 7.12. The van der Waals surface area contributed by atoms with Gasteiger partial charge in [-0.25, -0.2) is 0 Å². The molecule has 0 radical (unpaired) electrons. The van der Waals surface area contributed by atoms with Crippen LogP contribution in [0.25, 0.3) is 0 Å². The highest BCUT2D eigenvalue weighted by Crippen LogP contribution is 2.28.